The minimum absolute atomic E-state index is 0.0471. The monoisotopic (exact) mass is 1000 g/mol. The third kappa shape index (κ3) is 10.2. The number of ether oxygens (including phenoxy) is 2. The number of carboxylic acid groups (broad SMARTS) is 1. The van der Waals surface area contributed by atoms with Gasteiger partial charge in [-0.2, -0.15) is 5.10 Å². The molecule has 3 unspecified atom stereocenters. The van der Waals surface area contributed by atoms with Gasteiger partial charge in [-0.25, -0.2) is 14.8 Å². The average molecular weight is 1000 g/mol. The van der Waals surface area contributed by atoms with Crippen molar-refractivity contribution in [2.24, 2.45) is 13.0 Å². The molecular formula is C55H57N9O8S. The van der Waals surface area contributed by atoms with Crippen LogP contribution in [0.3, 0.4) is 0 Å². The SMILES string of the molecule is COc1c(NC(=O)CN2CCC(CCCOc3ccc(-c4ccc(N5CCc6cccc(C(=O)Nc7nc8ccccc8s7)c6C5)nc4C(=O)O)c(C)c3)CC2C)ccc2c(C3CCC(=O)NC3=O)nn(C)c12. The van der Waals surface area contributed by atoms with Gasteiger partial charge in [0.1, 0.15) is 17.1 Å². The van der Waals surface area contributed by atoms with Crippen LogP contribution in [0.15, 0.2) is 84.9 Å². The molecule has 0 aliphatic carbocycles. The molecule has 3 aliphatic heterocycles. The van der Waals surface area contributed by atoms with Crippen LogP contribution in [0, 0.1) is 12.8 Å². The Balaban J connectivity index is 0.709. The van der Waals surface area contributed by atoms with Gasteiger partial charge in [0, 0.05) is 49.1 Å². The lowest BCUT2D eigenvalue weighted by Gasteiger charge is -2.37. The van der Waals surface area contributed by atoms with Crippen molar-refractivity contribution in [2.75, 3.05) is 48.9 Å². The quantitative estimate of drug-likeness (QED) is 0.0562. The number of nitrogens with zero attached hydrogens (tertiary/aromatic N) is 6. The van der Waals surface area contributed by atoms with Gasteiger partial charge in [-0.15, -0.1) is 0 Å². The summed E-state index contributed by atoms with van der Waals surface area (Å²) in [6, 6.07) is 26.7. The van der Waals surface area contributed by atoms with Crippen molar-refractivity contribution in [1.82, 2.24) is 30.0 Å². The summed E-state index contributed by atoms with van der Waals surface area (Å²) in [5, 5.41) is 24.8. The summed E-state index contributed by atoms with van der Waals surface area (Å²) in [6.07, 6.45) is 5.08. The van der Waals surface area contributed by atoms with Crippen LogP contribution in [0.5, 0.6) is 11.5 Å². The fraction of sp³-hybridized carbons (Fsp3) is 0.345. The Morgan fingerprint density at radius 1 is 0.932 bits per heavy atom. The van der Waals surface area contributed by atoms with E-state index in [-0.39, 0.29) is 48.3 Å². The van der Waals surface area contributed by atoms with Crippen LogP contribution in [-0.4, -0.2) is 98.7 Å². The molecule has 0 saturated carbocycles. The molecule has 4 amide bonds. The summed E-state index contributed by atoms with van der Waals surface area (Å²) >= 11 is 1.43. The number of amides is 4. The summed E-state index contributed by atoms with van der Waals surface area (Å²) in [6.45, 7) is 6.68. The summed E-state index contributed by atoms with van der Waals surface area (Å²) in [5.74, 6) is -0.536. The predicted octanol–water partition coefficient (Wildman–Crippen LogP) is 8.49. The number of aromatic carboxylic acids is 1. The molecule has 18 heteroatoms. The van der Waals surface area contributed by atoms with Gasteiger partial charge in [0.2, 0.25) is 17.7 Å². The first-order valence-corrected chi connectivity index (χ1v) is 25.6. The van der Waals surface area contributed by atoms with Gasteiger partial charge < -0.3 is 24.8 Å². The second kappa shape index (κ2) is 20.8. The number of carbonyl (C=O) groups excluding carboxylic acids is 4. The number of carbonyl (C=O) groups is 5. The molecule has 3 aliphatic rings. The molecule has 0 radical (unpaired) electrons. The number of para-hydroxylation sites is 1. The number of hydrogen-bond donors (Lipinski definition) is 4. The van der Waals surface area contributed by atoms with Crippen LogP contribution < -0.4 is 30.3 Å². The fourth-order valence-electron chi connectivity index (χ4n) is 10.7. The number of thiazole rings is 1. The van der Waals surface area contributed by atoms with Crippen LogP contribution in [0.2, 0.25) is 0 Å². The van der Waals surface area contributed by atoms with Gasteiger partial charge in [0.15, 0.2) is 16.6 Å². The summed E-state index contributed by atoms with van der Waals surface area (Å²) in [4.78, 5) is 77.8. The lowest BCUT2D eigenvalue weighted by Crippen LogP contribution is -2.44. The number of pyridine rings is 1. The molecular weight excluding hydrogens is 947 g/mol. The first kappa shape index (κ1) is 48.9. The molecule has 2 saturated heterocycles. The Morgan fingerprint density at radius 3 is 2.55 bits per heavy atom. The molecule has 376 valence electrons. The molecule has 17 nitrogen and oxygen atoms in total. The largest absolute Gasteiger partial charge is 0.494 e. The number of methoxy groups -OCH3 is 1. The number of carboxylic acids is 1. The number of anilines is 3. The maximum absolute atomic E-state index is 13.6. The van der Waals surface area contributed by atoms with Gasteiger partial charge in [0.05, 0.1) is 47.8 Å². The molecule has 4 N–H and O–H groups in total. The maximum Gasteiger partial charge on any atom is 0.355 e. The average Bonchev–Trinajstić information content (AvgIpc) is 3.95. The fourth-order valence-corrected chi connectivity index (χ4v) is 11.6. The number of benzene rings is 4. The Morgan fingerprint density at radius 2 is 1.77 bits per heavy atom. The molecule has 73 heavy (non-hydrogen) atoms. The number of hydrogen-bond acceptors (Lipinski definition) is 13. The Labute approximate surface area is 425 Å². The standard InChI is InChI=1S/C55H57N9O8S/c1-31-27-35(72-26-8-9-33-22-24-63(32(2)28-33)30-47(66)56-43-19-16-39-48(40-18-21-46(65)59-53(40)68)61-62(3)50(39)51(43)71-4)14-15-36(31)37-17-20-45(58-49(37)54(69)70)64-25-23-34-10-7-11-38(41(34)29-64)52(67)60-55-57-42-12-5-6-13-44(42)73-55/h5-7,10-17,19-20,27,32-33,40H,8-9,18,21-26,28-30H2,1-4H3,(H,56,66)(H,69,70)(H,57,60,67)(H,59,65,68). The van der Waals surface area contributed by atoms with E-state index in [1.807, 2.05) is 90.7 Å². The molecule has 6 heterocycles. The molecule has 10 rings (SSSR count). The van der Waals surface area contributed by atoms with E-state index in [0.29, 0.717) is 88.9 Å². The number of likely N-dealkylation sites (tertiary alicyclic amines) is 1. The lowest BCUT2D eigenvalue weighted by atomic mass is 9.88. The third-order valence-corrected chi connectivity index (χ3v) is 15.4. The van der Waals surface area contributed by atoms with E-state index < -0.39 is 11.9 Å². The summed E-state index contributed by atoms with van der Waals surface area (Å²) in [7, 11) is 3.31. The summed E-state index contributed by atoms with van der Waals surface area (Å²) in [5.41, 5.74) is 7.16. The van der Waals surface area contributed by atoms with Crippen molar-refractivity contribution in [1.29, 1.82) is 0 Å². The number of aromatic nitrogens is 4. The van der Waals surface area contributed by atoms with Crippen LogP contribution >= 0.6 is 11.3 Å². The first-order chi connectivity index (χ1) is 35.3. The molecule has 7 aromatic rings. The Kier molecular flexibility index (Phi) is 13.9. The summed E-state index contributed by atoms with van der Waals surface area (Å²) < 4.78 is 14.7. The second-order valence-electron chi connectivity index (χ2n) is 19.2. The highest BCUT2D eigenvalue weighted by molar-refractivity contribution is 7.22. The second-order valence-corrected chi connectivity index (χ2v) is 20.2. The van der Waals surface area contributed by atoms with Gasteiger partial charge in [0.25, 0.3) is 5.91 Å². The highest BCUT2D eigenvalue weighted by atomic mass is 32.1. The first-order valence-electron chi connectivity index (χ1n) is 24.7. The maximum atomic E-state index is 13.6. The lowest BCUT2D eigenvalue weighted by molar-refractivity contribution is -0.134. The van der Waals surface area contributed by atoms with Gasteiger partial charge in [-0.3, -0.25) is 39.4 Å². The number of nitrogens with one attached hydrogen (secondary N) is 3. The number of imide groups is 1. The van der Waals surface area contributed by atoms with Crippen LogP contribution in [0.4, 0.5) is 16.6 Å². The van der Waals surface area contributed by atoms with Crippen LogP contribution in [0.1, 0.15) is 94.6 Å². The van der Waals surface area contributed by atoms with Crippen molar-refractivity contribution in [3.8, 4) is 22.6 Å². The molecule has 0 spiro atoms. The molecule has 3 atom stereocenters. The molecule has 0 bridgehead atoms. The van der Waals surface area contributed by atoms with Crippen molar-refractivity contribution >= 4 is 78.7 Å². The van der Waals surface area contributed by atoms with E-state index in [4.69, 9.17) is 14.5 Å². The van der Waals surface area contributed by atoms with Gasteiger partial charge >= 0.3 is 5.97 Å². The Hall–Kier alpha value is -7.70. The van der Waals surface area contributed by atoms with E-state index in [0.717, 1.165) is 70.1 Å². The van der Waals surface area contributed by atoms with Crippen molar-refractivity contribution < 1.29 is 38.6 Å². The van der Waals surface area contributed by atoms with E-state index >= 15 is 0 Å². The van der Waals surface area contributed by atoms with Crippen LogP contribution in [0.25, 0.3) is 32.2 Å². The molecule has 4 aromatic carbocycles. The topological polar surface area (TPSA) is 210 Å². The molecule has 3 aromatic heterocycles. The Bertz CT molecular complexity index is 3280. The zero-order valence-electron chi connectivity index (χ0n) is 41.2. The van der Waals surface area contributed by atoms with E-state index in [9.17, 15) is 29.1 Å². The molecule has 2 fully saturated rings. The van der Waals surface area contributed by atoms with Crippen molar-refractivity contribution in [3.63, 3.8) is 0 Å². The predicted molar refractivity (Wildman–Crippen MR) is 280 cm³/mol. The van der Waals surface area contributed by atoms with Gasteiger partial charge in [-0.1, -0.05) is 41.7 Å². The van der Waals surface area contributed by atoms with Crippen molar-refractivity contribution in [3.05, 3.63) is 119 Å². The number of aryl methyl sites for hydroxylation is 2. The number of piperidine rings is 2. The minimum Gasteiger partial charge on any atom is -0.494 e. The third-order valence-electron chi connectivity index (χ3n) is 14.5. The number of rotatable bonds is 15. The normalized spacial score (nSPS) is 18.1. The van der Waals surface area contributed by atoms with E-state index in [1.165, 1.54) is 18.4 Å². The minimum atomic E-state index is -1.13. The van der Waals surface area contributed by atoms with E-state index in [2.05, 4.69) is 37.9 Å². The zero-order valence-corrected chi connectivity index (χ0v) is 42.0. The smallest absolute Gasteiger partial charge is 0.355 e. The highest BCUT2D eigenvalue weighted by Crippen LogP contribution is 2.39. The van der Waals surface area contributed by atoms with Crippen molar-refractivity contribution in [2.45, 2.75) is 77.3 Å². The highest BCUT2D eigenvalue weighted by Gasteiger charge is 2.33. The number of fused-ring (bicyclic) bond motifs is 3. The van der Waals surface area contributed by atoms with E-state index in [1.54, 1.807) is 17.8 Å². The van der Waals surface area contributed by atoms with Crippen LogP contribution in [-0.2, 0) is 34.4 Å². The zero-order chi connectivity index (χ0) is 50.9. The van der Waals surface area contributed by atoms with Gasteiger partial charge in [-0.05, 0) is 142 Å².